The van der Waals surface area contributed by atoms with Crippen molar-refractivity contribution in [1.29, 1.82) is 0 Å². The van der Waals surface area contributed by atoms with Crippen molar-refractivity contribution in [2.75, 3.05) is 14.2 Å². The first-order valence-electron chi connectivity index (χ1n) is 7.70. The number of methoxy groups -OCH3 is 2. The van der Waals surface area contributed by atoms with Crippen LogP contribution in [0, 0.1) is 10.1 Å². The molecule has 3 heterocycles. The SMILES string of the molecule is COc1cc([N+](=O)[O-])c(OC)cc1-n1c(O)c2c(c1O)[C@H]1CC[C@@H]2O1. The molecule has 2 atom stereocenters. The number of aromatic nitrogens is 1. The summed E-state index contributed by atoms with van der Waals surface area (Å²) < 4.78 is 17.2. The lowest BCUT2D eigenvalue weighted by molar-refractivity contribution is -0.385. The maximum Gasteiger partial charge on any atom is 0.314 e. The number of benzene rings is 1. The molecule has 1 aromatic heterocycles. The maximum atomic E-state index is 11.2. The van der Waals surface area contributed by atoms with Crippen LogP contribution in [0.15, 0.2) is 12.1 Å². The van der Waals surface area contributed by atoms with Crippen LogP contribution in [0.2, 0.25) is 0 Å². The van der Waals surface area contributed by atoms with Gasteiger partial charge >= 0.3 is 5.69 Å². The standard InChI is InChI=1S/C16H16N2O7/c1-23-11-6-8(18(21)22)12(24-2)5-7(11)17-15(19)13-9-3-4-10(25-9)14(13)16(17)20/h5-6,9-10,19-20H,3-4H2,1-2H3/t9-,10+. The highest BCUT2D eigenvalue weighted by molar-refractivity contribution is 5.66. The van der Waals surface area contributed by atoms with Crippen LogP contribution in [0.4, 0.5) is 5.69 Å². The number of hydrogen-bond acceptors (Lipinski definition) is 7. The molecule has 0 spiro atoms. The molecule has 2 aromatic rings. The average molecular weight is 348 g/mol. The highest BCUT2D eigenvalue weighted by Gasteiger charge is 2.46. The minimum absolute atomic E-state index is 0.00678. The molecule has 1 saturated heterocycles. The molecule has 0 saturated carbocycles. The van der Waals surface area contributed by atoms with E-state index in [1.165, 1.54) is 30.9 Å². The lowest BCUT2D eigenvalue weighted by Crippen LogP contribution is -2.02. The van der Waals surface area contributed by atoms with E-state index >= 15 is 0 Å². The van der Waals surface area contributed by atoms with Gasteiger partial charge < -0.3 is 24.4 Å². The Morgan fingerprint density at radius 2 is 1.68 bits per heavy atom. The maximum absolute atomic E-state index is 11.2. The monoisotopic (exact) mass is 348 g/mol. The predicted molar refractivity (Wildman–Crippen MR) is 84.7 cm³/mol. The van der Waals surface area contributed by atoms with Gasteiger partial charge in [0.2, 0.25) is 11.8 Å². The number of fused-ring (bicyclic) bond motifs is 5. The van der Waals surface area contributed by atoms with E-state index in [1.807, 2.05) is 0 Å². The molecule has 2 aliphatic heterocycles. The summed E-state index contributed by atoms with van der Waals surface area (Å²) in [7, 11) is 2.66. The fourth-order valence-corrected chi connectivity index (χ4v) is 3.69. The zero-order chi connectivity index (χ0) is 17.9. The third-order valence-corrected chi connectivity index (χ3v) is 4.78. The Kier molecular flexibility index (Phi) is 3.29. The molecule has 1 aromatic carbocycles. The topological polar surface area (TPSA) is 116 Å². The van der Waals surface area contributed by atoms with Crippen LogP contribution in [0.3, 0.4) is 0 Å². The van der Waals surface area contributed by atoms with Crippen molar-refractivity contribution in [2.24, 2.45) is 0 Å². The minimum Gasteiger partial charge on any atom is -0.494 e. The Morgan fingerprint density at radius 1 is 1.12 bits per heavy atom. The second-order valence-electron chi connectivity index (χ2n) is 5.95. The molecule has 4 rings (SSSR count). The van der Waals surface area contributed by atoms with Gasteiger partial charge in [0.15, 0.2) is 5.75 Å². The summed E-state index contributed by atoms with van der Waals surface area (Å²) in [6.07, 6.45) is 1.04. The quantitative estimate of drug-likeness (QED) is 0.644. The van der Waals surface area contributed by atoms with E-state index in [9.17, 15) is 20.3 Å². The first-order valence-corrected chi connectivity index (χ1v) is 7.70. The molecule has 0 unspecified atom stereocenters. The van der Waals surface area contributed by atoms with E-state index in [1.54, 1.807) is 0 Å². The summed E-state index contributed by atoms with van der Waals surface area (Å²) in [4.78, 5) is 10.6. The molecule has 2 bridgehead atoms. The normalized spacial score (nSPS) is 20.6. The Hall–Kier alpha value is -2.94. The van der Waals surface area contributed by atoms with Gasteiger partial charge in [0.05, 0.1) is 54.2 Å². The van der Waals surface area contributed by atoms with Gasteiger partial charge in [0.1, 0.15) is 5.75 Å². The minimum atomic E-state index is -0.589. The van der Waals surface area contributed by atoms with Gasteiger partial charge in [-0.3, -0.25) is 10.1 Å². The van der Waals surface area contributed by atoms with Crippen molar-refractivity contribution in [1.82, 2.24) is 4.57 Å². The van der Waals surface area contributed by atoms with Gasteiger partial charge in [-0.25, -0.2) is 4.57 Å². The highest BCUT2D eigenvalue weighted by atomic mass is 16.6. The van der Waals surface area contributed by atoms with Crippen LogP contribution in [0.5, 0.6) is 23.3 Å². The molecule has 9 nitrogen and oxygen atoms in total. The van der Waals surface area contributed by atoms with Crippen LogP contribution < -0.4 is 9.47 Å². The van der Waals surface area contributed by atoms with Crippen molar-refractivity contribution in [3.05, 3.63) is 33.4 Å². The lowest BCUT2D eigenvalue weighted by atomic mass is 9.95. The highest BCUT2D eigenvalue weighted by Crippen LogP contribution is 2.59. The number of rotatable bonds is 4. The van der Waals surface area contributed by atoms with Crippen molar-refractivity contribution >= 4 is 5.69 Å². The number of nitro benzene ring substituents is 1. The summed E-state index contributed by atoms with van der Waals surface area (Å²) >= 11 is 0. The van der Waals surface area contributed by atoms with Crippen molar-refractivity contribution in [3.8, 4) is 28.9 Å². The van der Waals surface area contributed by atoms with E-state index in [0.717, 1.165) is 12.8 Å². The second-order valence-corrected chi connectivity index (χ2v) is 5.95. The lowest BCUT2D eigenvalue weighted by Gasteiger charge is -2.15. The van der Waals surface area contributed by atoms with Crippen molar-refractivity contribution in [2.45, 2.75) is 25.0 Å². The average Bonchev–Trinajstić information content (AvgIpc) is 3.27. The number of nitrogens with zero attached hydrogens (tertiary/aromatic N) is 2. The largest absolute Gasteiger partial charge is 0.494 e. The summed E-state index contributed by atoms with van der Waals surface area (Å²) in [5.74, 6) is -0.199. The Bertz CT molecular complexity index is 856. The third-order valence-electron chi connectivity index (χ3n) is 4.78. The molecule has 9 heteroatoms. The van der Waals surface area contributed by atoms with E-state index < -0.39 is 4.92 Å². The molecule has 25 heavy (non-hydrogen) atoms. The van der Waals surface area contributed by atoms with Crippen LogP contribution in [-0.4, -0.2) is 33.9 Å². The molecule has 0 radical (unpaired) electrons. The first-order chi connectivity index (χ1) is 12.0. The van der Waals surface area contributed by atoms with E-state index in [2.05, 4.69) is 0 Å². The van der Waals surface area contributed by atoms with Gasteiger partial charge in [-0.1, -0.05) is 0 Å². The molecule has 132 valence electrons. The zero-order valence-corrected chi connectivity index (χ0v) is 13.6. The summed E-state index contributed by atoms with van der Waals surface area (Å²) in [6, 6.07) is 2.55. The molecular formula is C16H16N2O7. The Labute approximate surface area is 142 Å². The number of hydrogen-bond donors (Lipinski definition) is 2. The fraction of sp³-hybridized carbons (Fsp3) is 0.375. The zero-order valence-electron chi connectivity index (χ0n) is 13.6. The Balaban J connectivity index is 1.96. The molecular weight excluding hydrogens is 332 g/mol. The van der Waals surface area contributed by atoms with Gasteiger partial charge in [0, 0.05) is 6.07 Å². The molecule has 2 aliphatic rings. The van der Waals surface area contributed by atoms with Crippen LogP contribution in [-0.2, 0) is 4.74 Å². The second kappa shape index (κ2) is 5.28. The van der Waals surface area contributed by atoms with E-state index in [4.69, 9.17) is 14.2 Å². The first kappa shape index (κ1) is 15.6. The number of aromatic hydroxyl groups is 2. The summed E-state index contributed by atoms with van der Waals surface area (Å²) in [5, 5.41) is 32.5. The predicted octanol–water partition coefficient (Wildman–Crippen LogP) is 2.72. The van der Waals surface area contributed by atoms with E-state index in [0.29, 0.717) is 11.1 Å². The van der Waals surface area contributed by atoms with Gasteiger partial charge in [0.25, 0.3) is 0 Å². The van der Waals surface area contributed by atoms with E-state index in [-0.39, 0.29) is 46.8 Å². The number of ether oxygens (including phenoxy) is 3. The van der Waals surface area contributed by atoms with Crippen molar-refractivity contribution in [3.63, 3.8) is 0 Å². The van der Waals surface area contributed by atoms with Gasteiger partial charge in [-0.2, -0.15) is 0 Å². The molecule has 0 amide bonds. The molecule has 2 N–H and O–H groups in total. The third kappa shape index (κ3) is 1.99. The summed E-state index contributed by atoms with van der Waals surface area (Å²) in [5.41, 5.74) is 1.10. The van der Waals surface area contributed by atoms with Gasteiger partial charge in [-0.05, 0) is 12.8 Å². The summed E-state index contributed by atoms with van der Waals surface area (Å²) in [6.45, 7) is 0. The Morgan fingerprint density at radius 3 is 2.16 bits per heavy atom. The van der Waals surface area contributed by atoms with Gasteiger partial charge in [-0.15, -0.1) is 0 Å². The van der Waals surface area contributed by atoms with Crippen LogP contribution >= 0.6 is 0 Å². The van der Waals surface area contributed by atoms with Crippen LogP contribution in [0.25, 0.3) is 5.69 Å². The van der Waals surface area contributed by atoms with Crippen molar-refractivity contribution < 1.29 is 29.3 Å². The van der Waals surface area contributed by atoms with Crippen LogP contribution in [0.1, 0.15) is 36.2 Å². The smallest absolute Gasteiger partial charge is 0.314 e. The molecule has 0 aliphatic carbocycles. The molecule has 1 fully saturated rings. The fourth-order valence-electron chi connectivity index (χ4n) is 3.69. The number of nitro groups is 1.